The van der Waals surface area contributed by atoms with Crippen LogP contribution in [0.25, 0.3) is 5.57 Å². The highest BCUT2D eigenvalue weighted by Gasteiger charge is 2.55. The van der Waals surface area contributed by atoms with Crippen LogP contribution in [-0.2, 0) is 9.53 Å². The summed E-state index contributed by atoms with van der Waals surface area (Å²) < 4.78 is 5.25. The zero-order chi connectivity index (χ0) is 20.4. The normalized spacial score (nSPS) is 24.5. The minimum atomic E-state index is -2.01. The number of halogens is 1. The van der Waals surface area contributed by atoms with Crippen molar-refractivity contribution in [1.29, 1.82) is 0 Å². The minimum absolute atomic E-state index is 0.219. The van der Waals surface area contributed by atoms with Gasteiger partial charge >= 0.3 is 6.03 Å². The van der Waals surface area contributed by atoms with Crippen molar-refractivity contribution in [2.24, 2.45) is 5.73 Å². The number of carbonyl (C=O) groups excluding carboxylic acids is 2. The van der Waals surface area contributed by atoms with E-state index >= 15 is 0 Å². The zero-order valence-electron chi connectivity index (χ0n) is 15.0. The second kappa shape index (κ2) is 7.77. The lowest BCUT2D eigenvalue weighted by Crippen LogP contribution is -2.61. The molecule has 2 atom stereocenters. The number of carbonyl (C=O) groups is 2. The summed E-state index contributed by atoms with van der Waals surface area (Å²) in [6, 6.07) is 6.15. The summed E-state index contributed by atoms with van der Waals surface area (Å²) in [5.41, 5.74) is 7.27. The van der Waals surface area contributed by atoms with E-state index in [9.17, 15) is 14.7 Å². The molecule has 2 rings (SSSR count). The zero-order valence-corrected chi connectivity index (χ0v) is 16.6. The van der Waals surface area contributed by atoms with Gasteiger partial charge in [0, 0.05) is 25.3 Å². The Hall–Kier alpha value is -2.26. The number of amides is 3. The number of alkyl halides is 1. The van der Waals surface area contributed by atoms with Gasteiger partial charge in [0.25, 0.3) is 0 Å². The van der Waals surface area contributed by atoms with Gasteiger partial charge in [0.15, 0.2) is 4.87 Å². The SMILES string of the molecule is COC1(O)C(C)=CC(c2ccccc2NC(C)=O)=CC1(Cl)C(=S)NC(N)=O. The number of nitrogens with two attached hydrogens (primary N) is 1. The molecule has 3 amide bonds. The molecule has 0 saturated carbocycles. The van der Waals surface area contributed by atoms with Gasteiger partial charge < -0.3 is 26.2 Å². The fraction of sp³-hybridized carbons (Fsp3) is 0.278. The molecule has 5 N–H and O–H groups in total. The van der Waals surface area contributed by atoms with E-state index in [0.29, 0.717) is 22.4 Å². The fourth-order valence-electron chi connectivity index (χ4n) is 2.89. The fourth-order valence-corrected chi connectivity index (χ4v) is 3.58. The Kier molecular flexibility index (Phi) is 6.06. The topological polar surface area (TPSA) is 114 Å². The molecule has 0 aromatic heterocycles. The van der Waals surface area contributed by atoms with Gasteiger partial charge in [0.1, 0.15) is 4.99 Å². The van der Waals surface area contributed by atoms with Gasteiger partial charge in [-0.25, -0.2) is 4.79 Å². The summed E-state index contributed by atoms with van der Waals surface area (Å²) in [7, 11) is 1.27. The maximum atomic E-state index is 11.5. The second-order valence-corrected chi connectivity index (χ2v) is 7.04. The Bertz CT molecular complexity index is 870. The van der Waals surface area contributed by atoms with Gasteiger partial charge in [-0.1, -0.05) is 36.5 Å². The van der Waals surface area contributed by atoms with E-state index in [2.05, 4.69) is 10.6 Å². The predicted molar refractivity (Wildman–Crippen MR) is 108 cm³/mol. The number of methoxy groups -OCH3 is 1. The summed E-state index contributed by atoms with van der Waals surface area (Å²) in [5.74, 6) is -2.25. The van der Waals surface area contributed by atoms with Crippen LogP contribution in [0, 0.1) is 0 Å². The number of anilines is 1. The number of hydrogen-bond donors (Lipinski definition) is 4. The Morgan fingerprint density at radius 3 is 2.52 bits per heavy atom. The van der Waals surface area contributed by atoms with E-state index in [1.807, 2.05) is 0 Å². The maximum Gasteiger partial charge on any atom is 0.317 e. The number of allylic oxidation sites excluding steroid dienone is 2. The molecule has 0 fully saturated rings. The second-order valence-electron chi connectivity index (χ2n) is 6.03. The first kappa shape index (κ1) is 21.0. The summed E-state index contributed by atoms with van der Waals surface area (Å²) in [4.78, 5) is 20.7. The van der Waals surface area contributed by atoms with Gasteiger partial charge in [-0.05, 0) is 30.2 Å². The first-order valence-electron chi connectivity index (χ1n) is 7.91. The molecule has 0 aliphatic heterocycles. The van der Waals surface area contributed by atoms with Crippen molar-refractivity contribution >= 4 is 52.0 Å². The molecule has 27 heavy (non-hydrogen) atoms. The highest BCUT2D eigenvalue weighted by Crippen LogP contribution is 2.45. The third-order valence-electron chi connectivity index (χ3n) is 4.17. The molecule has 7 nitrogen and oxygen atoms in total. The standard InChI is InChI=1S/C18H20ClN3O4S/c1-10-8-12(13-6-4-5-7-14(13)21-11(2)23)9-17(19,18(10,25)26-3)15(27)22-16(20)24/h4-9,25H,1-3H3,(H,21,23)(H3,20,22,24,27). The van der Waals surface area contributed by atoms with Crippen LogP contribution < -0.4 is 16.4 Å². The molecule has 9 heteroatoms. The minimum Gasteiger partial charge on any atom is -0.360 e. The molecule has 0 bridgehead atoms. The average molecular weight is 410 g/mol. The van der Waals surface area contributed by atoms with Crippen LogP contribution in [0.1, 0.15) is 19.4 Å². The Morgan fingerprint density at radius 2 is 1.96 bits per heavy atom. The van der Waals surface area contributed by atoms with Crippen molar-refractivity contribution in [1.82, 2.24) is 5.32 Å². The number of rotatable bonds is 4. The lowest BCUT2D eigenvalue weighted by atomic mass is 9.81. The molecule has 1 aromatic rings. The number of aliphatic hydroxyl groups is 1. The van der Waals surface area contributed by atoms with Crippen LogP contribution in [0.4, 0.5) is 10.5 Å². The van der Waals surface area contributed by atoms with Gasteiger partial charge in [0.2, 0.25) is 11.7 Å². The molecule has 0 saturated heterocycles. The van der Waals surface area contributed by atoms with Crippen LogP contribution in [0.15, 0.2) is 42.0 Å². The molecule has 0 heterocycles. The van der Waals surface area contributed by atoms with E-state index < -0.39 is 16.7 Å². The van der Waals surface area contributed by atoms with E-state index in [0.717, 1.165) is 0 Å². The van der Waals surface area contributed by atoms with Crippen molar-refractivity contribution in [3.05, 3.63) is 47.6 Å². The number of ether oxygens (including phenoxy) is 1. The lowest BCUT2D eigenvalue weighted by molar-refractivity contribution is -0.160. The summed E-state index contributed by atoms with van der Waals surface area (Å²) in [6.07, 6.45) is 3.13. The monoisotopic (exact) mass is 409 g/mol. The molecule has 1 aliphatic rings. The van der Waals surface area contributed by atoms with Crippen molar-refractivity contribution in [3.8, 4) is 0 Å². The molecule has 0 spiro atoms. The molecule has 2 unspecified atom stereocenters. The third-order valence-corrected chi connectivity index (χ3v) is 5.26. The van der Waals surface area contributed by atoms with Crippen LogP contribution in [-0.4, -0.2) is 39.8 Å². The largest absolute Gasteiger partial charge is 0.360 e. The van der Waals surface area contributed by atoms with Gasteiger partial charge in [0.05, 0.1) is 0 Å². The molecular formula is C18H20ClN3O4S. The molecule has 1 aliphatic carbocycles. The van der Waals surface area contributed by atoms with Crippen LogP contribution in [0.3, 0.4) is 0 Å². The van der Waals surface area contributed by atoms with E-state index in [4.69, 9.17) is 34.3 Å². The number of urea groups is 1. The van der Waals surface area contributed by atoms with E-state index in [1.54, 1.807) is 37.3 Å². The van der Waals surface area contributed by atoms with Crippen LogP contribution >= 0.6 is 23.8 Å². The van der Waals surface area contributed by atoms with Crippen molar-refractivity contribution < 1.29 is 19.4 Å². The van der Waals surface area contributed by atoms with Crippen molar-refractivity contribution in [2.75, 3.05) is 12.4 Å². The van der Waals surface area contributed by atoms with Gasteiger partial charge in [-0.2, -0.15) is 0 Å². The van der Waals surface area contributed by atoms with Crippen molar-refractivity contribution in [3.63, 3.8) is 0 Å². The summed E-state index contributed by atoms with van der Waals surface area (Å²) in [6.45, 7) is 3.01. The Labute approximate surface area is 167 Å². The molecule has 144 valence electrons. The number of thiocarbonyl (C=S) groups is 1. The Balaban J connectivity index is 2.66. The molecule has 1 aromatic carbocycles. The highest BCUT2D eigenvalue weighted by atomic mass is 35.5. The van der Waals surface area contributed by atoms with Gasteiger partial charge in [-0.15, -0.1) is 11.6 Å². The smallest absolute Gasteiger partial charge is 0.317 e. The number of benzene rings is 1. The number of hydrogen-bond acceptors (Lipinski definition) is 5. The van der Waals surface area contributed by atoms with Gasteiger partial charge in [-0.3, -0.25) is 4.79 Å². The maximum absolute atomic E-state index is 11.5. The molecular weight excluding hydrogens is 390 g/mol. The molecule has 0 radical (unpaired) electrons. The van der Waals surface area contributed by atoms with E-state index in [-0.39, 0.29) is 10.9 Å². The number of primary amides is 1. The van der Waals surface area contributed by atoms with Crippen molar-refractivity contribution in [2.45, 2.75) is 24.5 Å². The predicted octanol–water partition coefficient (Wildman–Crippen LogP) is 2.30. The highest BCUT2D eigenvalue weighted by molar-refractivity contribution is 7.80. The average Bonchev–Trinajstić information content (AvgIpc) is 2.58. The quantitative estimate of drug-likeness (QED) is 0.346. The lowest BCUT2D eigenvalue weighted by Gasteiger charge is -2.43. The summed E-state index contributed by atoms with van der Waals surface area (Å²) >= 11 is 11.9. The van der Waals surface area contributed by atoms with Crippen LogP contribution in [0.2, 0.25) is 0 Å². The Morgan fingerprint density at radius 1 is 1.33 bits per heavy atom. The van der Waals surface area contributed by atoms with E-state index in [1.165, 1.54) is 20.1 Å². The summed E-state index contributed by atoms with van der Waals surface area (Å²) in [5, 5.41) is 16.0. The number of para-hydroxylation sites is 1. The van der Waals surface area contributed by atoms with Crippen LogP contribution in [0.5, 0.6) is 0 Å². The number of nitrogens with one attached hydrogen (secondary N) is 2. The first-order valence-corrected chi connectivity index (χ1v) is 8.69. The first-order chi connectivity index (χ1) is 12.5. The third kappa shape index (κ3) is 3.89.